The number of thiophene rings is 2. The Morgan fingerprint density at radius 1 is 1.31 bits per heavy atom. The summed E-state index contributed by atoms with van der Waals surface area (Å²) in [5.41, 5.74) is 1.20. The summed E-state index contributed by atoms with van der Waals surface area (Å²) < 4.78 is 0. The number of hydrogen-bond acceptors (Lipinski definition) is 5. The summed E-state index contributed by atoms with van der Waals surface area (Å²) in [5, 5.41) is 9.15. The van der Waals surface area contributed by atoms with E-state index in [0.717, 1.165) is 19.3 Å². The SMILES string of the molecule is CN(C)C(CNC(=O)C1CCCCN1C(=O)c1cccs1)c1ccsc1. The maximum Gasteiger partial charge on any atom is 0.264 e. The molecule has 0 spiro atoms. The van der Waals surface area contributed by atoms with E-state index in [1.54, 1.807) is 16.2 Å². The number of likely N-dealkylation sites (N-methyl/N-ethyl adjacent to an activating group) is 1. The molecule has 2 aromatic heterocycles. The van der Waals surface area contributed by atoms with Crippen LogP contribution in [0.25, 0.3) is 0 Å². The average Bonchev–Trinajstić information content (AvgIpc) is 3.35. The lowest BCUT2D eigenvalue weighted by Gasteiger charge is -2.35. The highest BCUT2D eigenvalue weighted by Gasteiger charge is 2.33. The highest BCUT2D eigenvalue weighted by atomic mass is 32.1. The number of amides is 2. The van der Waals surface area contributed by atoms with Crippen LogP contribution < -0.4 is 5.32 Å². The first-order valence-electron chi connectivity index (χ1n) is 8.88. The Labute approximate surface area is 162 Å². The van der Waals surface area contributed by atoms with Gasteiger partial charge in [-0.25, -0.2) is 0 Å². The van der Waals surface area contributed by atoms with Crippen LogP contribution in [-0.4, -0.2) is 54.8 Å². The van der Waals surface area contributed by atoms with Gasteiger partial charge in [-0.05, 0) is 67.2 Å². The van der Waals surface area contributed by atoms with E-state index in [4.69, 9.17) is 0 Å². The third kappa shape index (κ3) is 4.34. The molecule has 7 heteroatoms. The van der Waals surface area contributed by atoms with E-state index in [2.05, 4.69) is 27.0 Å². The molecule has 3 heterocycles. The van der Waals surface area contributed by atoms with E-state index in [1.165, 1.54) is 16.9 Å². The Morgan fingerprint density at radius 3 is 2.81 bits per heavy atom. The predicted octanol–water partition coefficient (Wildman–Crippen LogP) is 3.22. The Bertz CT molecular complexity index is 713. The normalized spacial score (nSPS) is 18.7. The zero-order valence-corrected chi connectivity index (χ0v) is 16.8. The summed E-state index contributed by atoms with van der Waals surface area (Å²) in [4.78, 5) is 30.2. The standard InChI is InChI=1S/C19H25N3O2S2/c1-21(2)16(14-8-11-25-13-14)12-20-18(23)15-6-3-4-9-22(15)19(24)17-7-5-10-26-17/h5,7-8,10-11,13,15-16H,3-4,6,9,12H2,1-2H3,(H,20,23). The third-order valence-corrected chi connectivity index (χ3v) is 6.38. The van der Waals surface area contributed by atoms with E-state index < -0.39 is 0 Å². The molecule has 0 bridgehead atoms. The fourth-order valence-electron chi connectivity index (χ4n) is 3.37. The fourth-order valence-corrected chi connectivity index (χ4v) is 4.75. The van der Waals surface area contributed by atoms with E-state index in [0.29, 0.717) is 18.0 Å². The molecule has 0 aromatic carbocycles. The maximum absolute atomic E-state index is 12.9. The molecule has 0 saturated carbocycles. The van der Waals surface area contributed by atoms with Gasteiger partial charge in [-0.3, -0.25) is 9.59 Å². The molecule has 1 aliphatic rings. The number of piperidine rings is 1. The minimum Gasteiger partial charge on any atom is -0.352 e. The van der Waals surface area contributed by atoms with E-state index >= 15 is 0 Å². The van der Waals surface area contributed by atoms with Crippen molar-refractivity contribution in [3.8, 4) is 0 Å². The van der Waals surface area contributed by atoms with Crippen LogP contribution in [0.2, 0.25) is 0 Å². The first-order valence-corrected chi connectivity index (χ1v) is 10.7. The summed E-state index contributed by atoms with van der Waals surface area (Å²) >= 11 is 3.09. The van der Waals surface area contributed by atoms with Crippen molar-refractivity contribution >= 4 is 34.5 Å². The zero-order chi connectivity index (χ0) is 18.5. The minimum atomic E-state index is -0.372. The lowest BCUT2D eigenvalue weighted by atomic mass is 10.0. The predicted molar refractivity (Wildman–Crippen MR) is 107 cm³/mol. The Morgan fingerprint density at radius 2 is 2.15 bits per heavy atom. The number of hydrogen-bond donors (Lipinski definition) is 1. The van der Waals surface area contributed by atoms with Crippen LogP contribution in [-0.2, 0) is 4.79 Å². The summed E-state index contributed by atoms with van der Waals surface area (Å²) in [6.07, 6.45) is 2.66. The molecule has 1 N–H and O–H groups in total. The number of nitrogens with zero attached hydrogens (tertiary/aromatic N) is 2. The van der Waals surface area contributed by atoms with Gasteiger partial charge in [0.15, 0.2) is 0 Å². The van der Waals surface area contributed by atoms with Gasteiger partial charge in [-0.15, -0.1) is 11.3 Å². The Hall–Kier alpha value is -1.70. The van der Waals surface area contributed by atoms with E-state index in [1.807, 2.05) is 31.6 Å². The smallest absolute Gasteiger partial charge is 0.264 e. The number of carbonyl (C=O) groups excluding carboxylic acids is 2. The van der Waals surface area contributed by atoms with Crippen molar-refractivity contribution < 1.29 is 9.59 Å². The topological polar surface area (TPSA) is 52.7 Å². The van der Waals surface area contributed by atoms with Gasteiger partial charge >= 0.3 is 0 Å². The summed E-state index contributed by atoms with van der Waals surface area (Å²) in [5.74, 6) is -0.0708. The summed E-state index contributed by atoms with van der Waals surface area (Å²) in [7, 11) is 4.03. The second-order valence-corrected chi connectivity index (χ2v) is 8.50. The van der Waals surface area contributed by atoms with Crippen molar-refractivity contribution in [3.05, 3.63) is 44.8 Å². The van der Waals surface area contributed by atoms with Crippen molar-refractivity contribution in [2.75, 3.05) is 27.2 Å². The summed E-state index contributed by atoms with van der Waals surface area (Å²) in [6, 6.07) is 5.56. The molecule has 5 nitrogen and oxygen atoms in total. The molecule has 26 heavy (non-hydrogen) atoms. The van der Waals surface area contributed by atoms with E-state index in [9.17, 15) is 9.59 Å². The molecule has 3 rings (SSSR count). The lowest BCUT2D eigenvalue weighted by molar-refractivity contribution is -0.126. The molecule has 2 amide bonds. The van der Waals surface area contributed by atoms with Gasteiger partial charge in [-0.1, -0.05) is 6.07 Å². The van der Waals surface area contributed by atoms with Crippen molar-refractivity contribution in [2.24, 2.45) is 0 Å². The van der Waals surface area contributed by atoms with Crippen LogP contribution >= 0.6 is 22.7 Å². The van der Waals surface area contributed by atoms with E-state index in [-0.39, 0.29) is 23.9 Å². The molecule has 2 aromatic rings. The van der Waals surface area contributed by atoms with Crippen molar-refractivity contribution in [2.45, 2.75) is 31.3 Å². The van der Waals surface area contributed by atoms with Crippen molar-refractivity contribution in [1.29, 1.82) is 0 Å². The van der Waals surface area contributed by atoms with Crippen molar-refractivity contribution in [3.63, 3.8) is 0 Å². The van der Waals surface area contributed by atoms with Gasteiger partial charge in [0.1, 0.15) is 6.04 Å². The monoisotopic (exact) mass is 391 g/mol. The lowest BCUT2D eigenvalue weighted by Crippen LogP contribution is -2.52. The molecule has 140 valence electrons. The molecular weight excluding hydrogens is 366 g/mol. The van der Waals surface area contributed by atoms with Gasteiger partial charge in [0.05, 0.1) is 10.9 Å². The van der Waals surface area contributed by atoms with Crippen LogP contribution in [0.5, 0.6) is 0 Å². The molecular formula is C19H25N3O2S2. The molecule has 0 aliphatic carbocycles. The molecule has 1 aliphatic heterocycles. The van der Waals surface area contributed by atoms with Crippen LogP contribution in [0.4, 0.5) is 0 Å². The van der Waals surface area contributed by atoms with Gasteiger partial charge in [0.25, 0.3) is 5.91 Å². The number of nitrogens with one attached hydrogen (secondary N) is 1. The third-order valence-electron chi connectivity index (χ3n) is 4.82. The molecule has 2 unspecified atom stereocenters. The number of likely N-dealkylation sites (tertiary alicyclic amines) is 1. The minimum absolute atomic E-state index is 0.0261. The highest BCUT2D eigenvalue weighted by Crippen LogP contribution is 2.23. The molecule has 0 radical (unpaired) electrons. The number of carbonyl (C=O) groups is 2. The first-order chi connectivity index (χ1) is 12.6. The van der Waals surface area contributed by atoms with Gasteiger partial charge in [0.2, 0.25) is 5.91 Å². The molecule has 1 fully saturated rings. The van der Waals surface area contributed by atoms with Crippen LogP contribution in [0, 0.1) is 0 Å². The first kappa shape index (κ1) is 19.1. The highest BCUT2D eigenvalue weighted by molar-refractivity contribution is 7.12. The average molecular weight is 392 g/mol. The molecule has 2 atom stereocenters. The second-order valence-electron chi connectivity index (χ2n) is 6.77. The largest absolute Gasteiger partial charge is 0.352 e. The number of rotatable bonds is 6. The van der Waals surface area contributed by atoms with Gasteiger partial charge < -0.3 is 15.1 Å². The van der Waals surface area contributed by atoms with Gasteiger partial charge in [-0.2, -0.15) is 11.3 Å². The second kappa shape index (κ2) is 8.79. The Balaban J connectivity index is 1.66. The zero-order valence-electron chi connectivity index (χ0n) is 15.2. The van der Waals surface area contributed by atoms with Crippen LogP contribution in [0.15, 0.2) is 34.3 Å². The van der Waals surface area contributed by atoms with Gasteiger partial charge in [0, 0.05) is 13.1 Å². The Kier molecular flexibility index (Phi) is 6.45. The maximum atomic E-state index is 12.9. The van der Waals surface area contributed by atoms with Crippen molar-refractivity contribution in [1.82, 2.24) is 15.1 Å². The van der Waals surface area contributed by atoms with Crippen LogP contribution in [0.1, 0.15) is 40.5 Å². The molecule has 1 saturated heterocycles. The van der Waals surface area contributed by atoms with Crippen LogP contribution in [0.3, 0.4) is 0 Å². The fraction of sp³-hybridized carbons (Fsp3) is 0.474. The summed E-state index contributed by atoms with van der Waals surface area (Å²) in [6.45, 7) is 1.19. The quantitative estimate of drug-likeness (QED) is 0.823.